The van der Waals surface area contributed by atoms with Crippen molar-refractivity contribution in [2.75, 3.05) is 0 Å². The normalized spacial score (nSPS) is 16.2. The molecule has 0 saturated carbocycles. The second kappa shape index (κ2) is 7.74. The lowest BCUT2D eigenvalue weighted by atomic mass is 9.91. The Morgan fingerprint density at radius 2 is 0.906 bits per heavy atom. The largest absolute Gasteiger partial charge is 0.460 e. The molecule has 0 amide bonds. The Morgan fingerprint density at radius 1 is 0.562 bits per heavy atom. The van der Waals surface area contributed by atoms with Crippen LogP contribution in [0.25, 0.3) is 0 Å². The first kappa shape index (κ1) is 27.9. The first-order chi connectivity index (χ1) is 13.9. The van der Waals surface area contributed by atoms with Gasteiger partial charge in [-0.1, -0.05) is 17.7 Å². The maximum absolute atomic E-state index is 13.6. The van der Waals surface area contributed by atoms with Crippen LogP contribution in [0.15, 0.2) is 24.3 Å². The summed E-state index contributed by atoms with van der Waals surface area (Å²) in [4.78, 5) is 0. The molecular weight excluding hydrogens is 500 g/mol. The zero-order valence-electron chi connectivity index (χ0n) is 14.8. The maximum Gasteiger partial charge on any atom is 0.460 e. The number of aryl methyl sites for hydroxylation is 1. The summed E-state index contributed by atoms with van der Waals surface area (Å²) in [7, 11) is 0. The van der Waals surface area contributed by atoms with Gasteiger partial charge in [0.2, 0.25) is 0 Å². The summed E-state index contributed by atoms with van der Waals surface area (Å²) in [6.45, 7) is 1.36. The molecule has 1 unspecified atom stereocenters. The van der Waals surface area contributed by atoms with E-state index in [2.05, 4.69) is 4.74 Å². The Hall–Kier alpha value is -2.10. The summed E-state index contributed by atoms with van der Waals surface area (Å²) in [6.07, 6.45) is -12.7. The zero-order valence-corrected chi connectivity index (χ0v) is 14.8. The van der Waals surface area contributed by atoms with Gasteiger partial charge in [-0.3, -0.25) is 0 Å². The Bertz CT molecular complexity index is 795. The van der Waals surface area contributed by atoms with Crippen molar-refractivity contribution in [3.63, 3.8) is 0 Å². The van der Waals surface area contributed by atoms with E-state index in [4.69, 9.17) is 0 Å². The molecule has 0 radical (unpaired) electrons. The predicted octanol–water partition coefficient (Wildman–Crippen LogP) is 7.04. The summed E-state index contributed by atoms with van der Waals surface area (Å²) in [5.41, 5.74) is 0.337. The van der Waals surface area contributed by atoms with E-state index in [9.17, 15) is 70.2 Å². The van der Waals surface area contributed by atoms with Crippen molar-refractivity contribution in [2.24, 2.45) is 0 Å². The number of hydrogen-bond acceptors (Lipinski definition) is 1. The van der Waals surface area contributed by atoms with Gasteiger partial charge in [-0.15, -0.1) is 0 Å². The highest BCUT2D eigenvalue weighted by atomic mass is 19.4. The van der Waals surface area contributed by atoms with Gasteiger partial charge in [0.05, 0.1) is 0 Å². The number of alkyl halides is 16. The molecule has 1 atom stereocenters. The van der Waals surface area contributed by atoms with Gasteiger partial charge in [0.25, 0.3) is 0 Å². The van der Waals surface area contributed by atoms with Crippen LogP contribution >= 0.6 is 0 Å². The predicted molar refractivity (Wildman–Crippen MR) is 72.4 cm³/mol. The molecule has 1 nitrogen and oxygen atoms in total. The van der Waals surface area contributed by atoms with Crippen LogP contribution in [0.4, 0.5) is 70.2 Å². The van der Waals surface area contributed by atoms with Crippen molar-refractivity contribution in [1.82, 2.24) is 0 Å². The maximum atomic E-state index is 13.6. The fraction of sp³-hybridized carbons (Fsp3) is 0.600. The smallest absolute Gasteiger partial charge is 0.454 e. The molecule has 0 aliphatic rings. The van der Waals surface area contributed by atoms with E-state index in [1.165, 1.54) is 6.92 Å². The highest BCUT2D eigenvalue weighted by Gasteiger charge is 2.94. The number of benzene rings is 1. The number of rotatable bonds is 8. The van der Waals surface area contributed by atoms with Gasteiger partial charge in [0.15, 0.2) is 0 Å². The fourth-order valence-electron chi connectivity index (χ4n) is 1.93. The lowest BCUT2D eigenvalue weighted by molar-refractivity contribution is -0.457. The average Bonchev–Trinajstić information content (AvgIpc) is 2.61. The molecule has 0 bridgehead atoms. The van der Waals surface area contributed by atoms with E-state index in [0.717, 1.165) is 12.1 Å². The van der Waals surface area contributed by atoms with Crippen molar-refractivity contribution in [1.29, 1.82) is 0 Å². The van der Waals surface area contributed by atoms with Crippen molar-refractivity contribution >= 4 is 0 Å². The molecule has 0 saturated heterocycles. The van der Waals surface area contributed by atoms with Gasteiger partial charge in [0.1, 0.15) is 5.75 Å². The van der Waals surface area contributed by atoms with Gasteiger partial charge in [-0.05, 0) is 19.1 Å². The van der Waals surface area contributed by atoms with Crippen LogP contribution in [0.5, 0.6) is 5.75 Å². The molecule has 1 rings (SSSR count). The van der Waals surface area contributed by atoms with Crippen molar-refractivity contribution in [3.05, 3.63) is 29.8 Å². The third-order valence-corrected chi connectivity index (χ3v) is 3.90. The zero-order chi connectivity index (χ0) is 25.8. The van der Waals surface area contributed by atoms with E-state index < -0.39 is 53.8 Å². The molecule has 0 N–H and O–H groups in total. The summed E-state index contributed by atoms with van der Waals surface area (Å²) in [5.74, 6) is -49.5. The minimum absolute atomic E-state index is 0.337. The van der Waals surface area contributed by atoms with Crippen molar-refractivity contribution in [3.8, 4) is 5.75 Å². The first-order valence-electron chi connectivity index (χ1n) is 7.60. The number of hydrogen-bond donors (Lipinski definition) is 0. The summed E-state index contributed by atoms with van der Waals surface area (Å²) >= 11 is 0. The molecule has 186 valence electrons. The summed E-state index contributed by atoms with van der Waals surface area (Å²) in [5, 5.41) is 0. The van der Waals surface area contributed by atoms with E-state index in [-0.39, 0.29) is 0 Å². The van der Waals surface area contributed by atoms with Crippen LogP contribution in [0.2, 0.25) is 0 Å². The third-order valence-electron chi connectivity index (χ3n) is 3.90. The van der Waals surface area contributed by atoms with Gasteiger partial charge in [-0.25, -0.2) is 0 Å². The first-order valence-corrected chi connectivity index (χ1v) is 7.60. The van der Waals surface area contributed by atoms with Gasteiger partial charge in [-0.2, -0.15) is 70.2 Å². The van der Waals surface area contributed by atoms with Crippen LogP contribution in [-0.2, 0) is 0 Å². The van der Waals surface area contributed by atoms with Gasteiger partial charge >= 0.3 is 48.1 Å². The molecule has 1 aromatic carbocycles. The lowest BCUT2D eigenvalue weighted by Gasteiger charge is -2.41. The third kappa shape index (κ3) is 3.91. The highest BCUT2D eigenvalue weighted by molar-refractivity contribution is 5.26. The van der Waals surface area contributed by atoms with Crippen LogP contribution in [0.3, 0.4) is 0 Å². The number of halogens is 16. The molecule has 0 aromatic heterocycles. The molecule has 1 aromatic rings. The van der Waals surface area contributed by atoms with E-state index in [1.807, 2.05) is 0 Å². The minimum Gasteiger partial charge on any atom is -0.454 e. The van der Waals surface area contributed by atoms with Crippen LogP contribution in [0.1, 0.15) is 5.56 Å². The van der Waals surface area contributed by atoms with Crippen LogP contribution < -0.4 is 4.74 Å². The van der Waals surface area contributed by atoms with E-state index in [1.54, 1.807) is 0 Å². The second-order valence-corrected chi connectivity index (χ2v) is 6.24. The average molecular weight is 508 g/mol. The molecule has 0 fully saturated rings. The van der Waals surface area contributed by atoms with E-state index in [0.29, 0.717) is 17.7 Å². The molecule has 0 aliphatic carbocycles. The summed E-state index contributed by atoms with van der Waals surface area (Å²) in [6, 6.07) is 3.14. The molecule has 0 spiro atoms. The molecule has 0 aliphatic heterocycles. The SMILES string of the molecule is Cc1ccc(OC(F)C(F)(F)C(F)(F)C(F)(F)C(F)(F)C(F)(F)C(F)(F)C(F)(F)F)cc1. The van der Waals surface area contributed by atoms with Gasteiger partial charge < -0.3 is 4.74 Å². The van der Waals surface area contributed by atoms with Crippen LogP contribution in [0, 0.1) is 6.92 Å². The second-order valence-electron chi connectivity index (χ2n) is 6.24. The lowest BCUT2D eigenvalue weighted by Crippen LogP contribution is -2.73. The molecule has 0 heterocycles. The standard InChI is InChI=1S/C15H8F16O/c1-6-2-4-7(5-3-6)32-8(16)9(17,18)10(19,20)11(21,22)12(23,24)13(25,26)14(27,28)15(29,30)31/h2-5,8H,1H3. The molecule has 32 heavy (non-hydrogen) atoms. The molecular formula is C15H8F16O. The van der Waals surface area contributed by atoms with E-state index >= 15 is 0 Å². The Balaban J connectivity index is 3.45. The Morgan fingerprint density at radius 3 is 1.28 bits per heavy atom. The van der Waals surface area contributed by atoms with Crippen molar-refractivity contribution in [2.45, 2.75) is 55.0 Å². The van der Waals surface area contributed by atoms with Crippen LogP contribution in [-0.4, -0.2) is 48.1 Å². The highest BCUT2D eigenvalue weighted by Crippen LogP contribution is 2.62. The Labute approximate surface area is 166 Å². The fourth-order valence-corrected chi connectivity index (χ4v) is 1.93. The van der Waals surface area contributed by atoms with Gasteiger partial charge in [0, 0.05) is 0 Å². The summed E-state index contributed by atoms with van der Waals surface area (Å²) < 4.78 is 212. The monoisotopic (exact) mass is 508 g/mol. The quantitative estimate of drug-likeness (QED) is 0.343. The molecule has 17 heteroatoms. The van der Waals surface area contributed by atoms with Crippen molar-refractivity contribution < 1.29 is 75.0 Å². The topological polar surface area (TPSA) is 9.23 Å². The number of ether oxygens (including phenoxy) is 1. The minimum atomic E-state index is -8.48. The Kier molecular flexibility index (Phi) is 6.76.